The van der Waals surface area contributed by atoms with Gasteiger partial charge in [0.1, 0.15) is 11.6 Å². The molecule has 2 aromatic heterocycles. The molecule has 4 nitrogen and oxygen atoms in total. The molecule has 2 rings (SSSR count). The first-order chi connectivity index (χ1) is 7.70. The molecule has 2 aromatic rings. The van der Waals surface area contributed by atoms with Crippen molar-refractivity contribution in [3.63, 3.8) is 0 Å². The highest BCUT2D eigenvalue weighted by Gasteiger charge is 2.02. The highest BCUT2D eigenvalue weighted by Crippen LogP contribution is 2.14. The Bertz CT molecular complexity index is 605. The van der Waals surface area contributed by atoms with E-state index in [1.54, 1.807) is 12.3 Å². The van der Waals surface area contributed by atoms with E-state index in [1.807, 2.05) is 25.1 Å². The molecule has 0 aliphatic heterocycles. The van der Waals surface area contributed by atoms with Crippen LogP contribution in [0.1, 0.15) is 11.3 Å². The van der Waals surface area contributed by atoms with Gasteiger partial charge in [-0.05, 0) is 31.2 Å². The lowest BCUT2D eigenvalue weighted by atomic mass is 10.1. The predicted molar refractivity (Wildman–Crippen MR) is 59.7 cm³/mol. The number of aromatic nitrogens is 2. The van der Waals surface area contributed by atoms with Crippen LogP contribution in [0.3, 0.4) is 0 Å². The molecule has 0 aliphatic rings. The van der Waals surface area contributed by atoms with Gasteiger partial charge in [0.05, 0.1) is 0 Å². The lowest BCUT2D eigenvalue weighted by Gasteiger charge is -2.01. The fourth-order valence-corrected chi connectivity index (χ4v) is 1.36. The molecule has 0 saturated heterocycles. The van der Waals surface area contributed by atoms with Crippen LogP contribution in [0.4, 0.5) is 0 Å². The molecule has 0 atom stereocenters. The minimum Gasteiger partial charge on any atom is -0.321 e. The predicted octanol–water partition coefficient (Wildman–Crippen LogP) is 1.62. The van der Waals surface area contributed by atoms with Gasteiger partial charge in [0.25, 0.3) is 5.56 Å². The number of pyridine rings is 2. The molecule has 2 heterocycles. The summed E-state index contributed by atoms with van der Waals surface area (Å²) in [5.41, 5.74) is 2.15. The minimum absolute atomic E-state index is 0.115. The van der Waals surface area contributed by atoms with Crippen molar-refractivity contribution in [1.29, 1.82) is 5.26 Å². The number of aryl methyl sites for hydroxylation is 1. The normalized spacial score (nSPS) is 9.75. The smallest absolute Gasteiger partial charge is 0.266 e. The summed E-state index contributed by atoms with van der Waals surface area (Å²) in [7, 11) is 0. The molecule has 78 valence electrons. The van der Waals surface area contributed by atoms with Gasteiger partial charge in [0.2, 0.25) is 0 Å². The average molecular weight is 211 g/mol. The number of aromatic amines is 1. The van der Waals surface area contributed by atoms with E-state index in [0.29, 0.717) is 5.69 Å². The standard InChI is InChI=1S/C12H9N3O/c1-8-2-3-10(7-14-8)11-5-4-9(6-13)12(16)15-11/h2-5,7H,1H3,(H,15,16). The molecule has 0 bridgehead atoms. The van der Waals surface area contributed by atoms with Crippen LogP contribution >= 0.6 is 0 Å². The van der Waals surface area contributed by atoms with Gasteiger partial charge in [-0.2, -0.15) is 5.26 Å². The van der Waals surface area contributed by atoms with E-state index in [1.165, 1.54) is 6.07 Å². The van der Waals surface area contributed by atoms with Crippen LogP contribution in [0.25, 0.3) is 11.3 Å². The maximum absolute atomic E-state index is 11.4. The van der Waals surface area contributed by atoms with Gasteiger partial charge in [-0.3, -0.25) is 9.78 Å². The third-order valence-corrected chi connectivity index (χ3v) is 2.25. The maximum Gasteiger partial charge on any atom is 0.266 e. The molecule has 0 fully saturated rings. The topological polar surface area (TPSA) is 69.5 Å². The second kappa shape index (κ2) is 3.99. The molecule has 0 spiro atoms. The number of hydrogen-bond acceptors (Lipinski definition) is 3. The Labute approximate surface area is 92.2 Å². The number of nitrogens with zero attached hydrogens (tertiary/aromatic N) is 2. The fraction of sp³-hybridized carbons (Fsp3) is 0.0833. The van der Waals surface area contributed by atoms with E-state index in [4.69, 9.17) is 5.26 Å². The molecule has 1 N–H and O–H groups in total. The third kappa shape index (κ3) is 1.84. The Morgan fingerprint density at radius 2 is 2.12 bits per heavy atom. The van der Waals surface area contributed by atoms with Gasteiger partial charge >= 0.3 is 0 Å². The van der Waals surface area contributed by atoms with Crippen molar-refractivity contribution in [3.05, 3.63) is 52.1 Å². The average Bonchev–Trinajstić information content (AvgIpc) is 2.30. The molecule has 0 unspecified atom stereocenters. The van der Waals surface area contributed by atoms with Gasteiger partial charge in [0, 0.05) is 23.1 Å². The van der Waals surface area contributed by atoms with Crippen molar-refractivity contribution >= 4 is 0 Å². The first-order valence-corrected chi connectivity index (χ1v) is 4.77. The zero-order valence-electron chi connectivity index (χ0n) is 8.69. The zero-order chi connectivity index (χ0) is 11.5. The largest absolute Gasteiger partial charge is 0.321 e. The van der Waals surface area contributed by atoms with Crippen molar-refractivity contribution in [3.8, 4) is 17.3 Å². The second-order valence-corrected chi connectivity index (χ2v) is 3.41. The van der Waals surface area contributed by atoms with E-state index >= 15 is 0 Å². The summed E-state index contributed by atoms with van der Waals surface area (Å²) in [6.07, 6.45) is 1.69. The number of H-pyrrole nitrogens is 1. The minimum atomic E-state index is -0.374. The fourth-order valence-electron chi connectivity index (χ4n) is 1.36. The molecule has 4 heteroatoms. The Hall–Kier alpha value is -2.41. The number of nitrogens with one attached hydrogen (secondary N) is 1. The quantitative estimate of drug-likeness (QED) is 0.779. The summed E-state index contributed by atoms with van der Waals surface area (Å²) in [6.45, 7) is 1.89. The SMILES string of the molecule is Cc1ccc(-c2ccc(C#N)c(=O)[nH]2)cn1. The summed E-state index contributed by atoms with van der Waals surface area (Å²) in [5.74, 6) is 0. The highest BCUT2D eigenvalue weighted by molar-refractivity contribution is 5.58. The Balaban J connectivity index is 2.50. The molecular weight excluding hydrogens is 202 g/mol. The summed E-state index contributed by atoms with van der Waals surface area (Å²) in [4.78, 5) is 18.2. The summed E-state index contributed by atoms with van der Waals surface area (Å²) < 4.78 is 0. The van der Waals surface area contributed by atoms with E-state index in [0.717, 1.165) is 11.3 Å². The first kappa shape index (κ1) is 10.1. The number of nitriles is 1. The Morgan fingerprint density at radius 1 is 1.31 bits per heavy atom. The first-order valence-electron chi connectivity index (χ1n) is 4.77. The third-order valence-electron chi connectivity index (χ3n) is 2.25. The lowest BCUT2D eigenvalue weighted by molar-refractivity contribution is 1.17. The van der Waals surface area contributed by atoms with Gasteiger partial charge < -0.3 is 4.98 Å². The summed E-state index contributed by atoms with van der Waals surface area (Å²) >= 11 is 0. The Morgan fingerprint density at radius 3 is 2.69 bits per heavy atom. The van der Waals surface area contributed by atoms with Crippen molar-refractivity contribution in [2.45, 2.75) is 6.92 Å². The van der Waals surface area contributed by atoms with Crippen LogP contribution in [0, 0.1) is 18.3 Å². The maximum atomic E-state index is 11.4. The van der Waals surface area contributed by atoms with Crippen LogP contribution in [-0.4, -0.2) is 9.97 Å². The monoisotopic (exact) mass is 211 g/mol. The van der Waals surface area contributed by atoms with Crippen LogP contribution in [-0.2, 0) is 0 Å². The highest BCUT2D eigenvalue weighted by atomic mass is 16.1. The Kier molecular flexibility index (Phi) is 2.52. The van der Waals surface area contributed by atoms with Crippen molar-refractivity contribution in [2.75, 3.05) is 0 Å². The molecule has 16 heavy (non-hydrogen) atoms. The molecule has 0 saturated carbocycles. The van der Waals surface area contributed by atoms with Gasteiger partial charge in [-0.1, -0.05) is 0 Å². The molecule has 0 aromatic carbocycles. The van der Waals surface area contributed by atoms with Crippen LogP contribution in [0.15, 0.2) is 35.3 Å². The summed E-state index contributed by atoms with van der Waals surface area (Å²) in [6, 6.07) is 8.77. The molecule has 0 aliphatic carbocycles. The van der Waals surface area contributed by atoms with Crippen molar-refractivity contribution < 1.29 is 0 Å². The van der Waals surface area contributed by atoms with E-state index in [2.05, 4.69) is 9.97 Å². The van der Waals surface area contributed by atoms with Crippen molar-refractivity contribution in [1.82, 2.24) is 9.97 Å². The van der Waals surface area contributed by atoms with E-state index < -0.39 is 0 Å². The van der Waals surface area contributed by atoms with Crippen molar-refractivity contribution in [2.24, 2.45) is 0 Å². The van der Waals surface area contributed by atoms with Crippen LogP contribution in [0.5, 0.6) is 0 Å². The molecule has 0 amide bonds. The van der Waals surface area contributed by atoms with Gasteiger partial charge in [-0.15, -0.1) is 0 Å². The van der Waals surface area contributed by atoms with E-state index in [9.17, 15) is 4.79 Å². The van der Waals surface area contributed by atoms with E-state index in [-0.39, 0.29) is 11.1 Å². The molecule has 0 radical (unpaired) electrons. The van der Waals surface area contributed by atoms with Gasteiger partial charge in [-0.25, -0.2) is 0 Å². The molecular formula is C12H9N3O. The second-order valence-electron chi connectivity index (χ2n) is 3.41. The van der Waals surface area contributed by atoms with Gasteiger partial charge in [0.15, 0.2) is 0 Å². The van der Waals surface area contributed by atoms with Crippen LogP contribution in [0.2, 0.25) is 0 Å². The van der Waals surface area contributed by atoms with Crippen LogP contribution < -0.4 is 5.56 Å². The number of rotatable bonds is 1. The number of hydrogen-bond donors (Lipinski definition) is 1. The summed E-state index contributed by atoms with van der Waals surface area (Å²) in [5, 5.41) is 8.63. The lowest BCUT2D eigenvalue weighted by Crippen LogP contribution is -2.10. The zero-order valence-corrected chi connectivity index (χ0v) is 8.69.